The van der Waals surface area contributed by atoms with Gasteiger partial charge in [-0.05, 0) is 24.0 Å². The first kappa shape index (κ1) is 14.2. The number of benzene rings is 1. The van der Waals surface area contributed by atoms with Crippen LogP contribution in [0.15, 0.2) is 30.5 Å². The van der Waals surface area contributed by atoms with Crippen molar-refractivity contribution in [2.24, 2.45) is 0 Å². The number of nitrogens with one attached hydrogen (secondary N) is 2. The van der Waals surface area contributed by atoms with Gasteiger partial charge < -0.3 is 10.6 Å². The van der Waals surface area contributed by atoms with Gasteiger partial charge in [0.1, 0.15) is 5.01 Å². The number of thiazole rings is 1. The molecule has 2 N–H and O–H groups in total. The Bertz CT molecular complexity index is 638. The van der Waals surface area contributed by atoms with E-state index in [1.165, 1.54) is 16.0 Å². The molecule has 0 saturated carbocycles. The van der Waals surface area contributed by atoms with Crippen LogP contribution in [-0.4, -0.2) is 16.9 Å². The Kier molecular flexibility index (Phi) is 4.31. The molecule has 1 aromatic carbocycles. The summed E-state index contributed by atoms with van der Waals surface area (Å²) in [6.07, 6.45) is 3.63. The summed E-state index contributed by atoms with van der Waals surface area (Å²) in [4.78, 5) is 17.8. The molecule has 110 valence electrons. The summed E-state index contributed by atoms with van der Waals surface area (Å²) in [5.41, 5.74) is 2.55. The summed E-state index contributed by atoms with van der Waals surface area (Å²) < 4.78 is 0. The zero-order valence-corrected chi connectivity index (χ0v) is 12.9. The number of carbonyl (C=O) groups is 1. The summed E-state index contributed by atoms with van der Waals surface area (Å²) in [7, 11) is 0. The highest BCUT2D eigenvalue weighted by Gasteiger charge is 2.23. The second kappa shape index (κ2) is 6.37. The Labute approximate surface area is 128 Å². The number of hydrogen-bond acceptors (Lipinski definition) is 4. The van der Waals surface area contributed by atoms with E-state index in [0.717, 1.165) is 24.4 Å². The molecular formula is C16H19N3OS. The lowest BCUT2D eigenvalue weighted by atomic mass is 9.95. The van der Waals surface area contributed by atoms with Crippen molar-refractivity contribution in [3.05, 3.63) is 51.5 Å². The van der Waals surface area contributed by atoms with Gasteiger partial charge in [-0.3, -0.25) is 4.79 Å². The first-order chi connectivity index (χ1) is 10.3. The van der Waals surface area contributed by atoms with Crippen LogP contribution in [-0.2, 0) is 30.7 Å². The van der Waals surface area contributed by atoms with Crippen molar-refractivity contribution < 1.29 is 4.79 Å². The number of fused-ring (bicyclic) bond motifs is 1. The van der Waals surface area contributed by atoms with Crippen molar-refractivity contribution in [2.75, 3.05) is 0 Å². The molecule has 0 bridgehead atoms. The van der Waals surface area contributed by atoms with Gasteiger partial charge in [0.25, 0.3) is 0 Å². The zero-order valence-electron chi connectivity index (χ0n) is 12.1. The van der Waals surface area contributed by atoms with Crippen LogP contribution in [0.3, 0.4) is 0 Å². The van der Waals surface area contributed by atoms with Crippen LogP contribution in [0.25, 0.3) is 0 Å². The molecule has 1 aromatic heterocycles. The van der Waals surface area contributed by atoms with Gasteiger partial charge >= 0.3 is 0 Å². The Morgan fingerprint density at radius 2 is 2.24 bits per heavy atom. The number of nitrogens with zero attached hydrogens (tertiary/aromatic N) is 1. The monoisotopic (exact) mass is 301 g/mol. The third kappa shape index (κ3) is 3.31. The third-order valence-electron chi connectivity index (χ3n) is 3.76. The Hall–Kier alpha value is -1.72. The summed E-state index contributed by atoms with van der Waals surface area (Å²) >= 11 is 1.66. The number of aromatic nitrogens is 1. The molecular weight excluding hydrogens is 282 g/mol. The fourth-order valence-electron chi connectivity index (χ4n) is 2.52. The van der Waals surface area contributed by atoms with E-state index in [-0.39, 0.29) is 11.9 Å². The highest BCUT2D eigenvalue weighted by atomic mass is 32.1. The second-order valence-corrected chi connectivity index (χ2v) is 6.40. The molecule has 0 fully saturated rings. The molecule has 1 atom stereocenters. The van der Waals surface area contributed by atoms with Crippen molar-refractivity contribution in [3.8, 4) is 0 Å². The van der Waals surface area contributed by atoms with Crippen LogP contribution in [0, 0.1) is 0 Å². The molecule has 0 radical (unpaired) electrons. The molecule has 1 aliphatic rings. The minimum Gasteiger partial charge on any atom is -0.348 e. The van der Waals surface area contributed by atoms with E-state index in [9.17, 15) is 4.79 Å². The fourth-order valence-corrected chi connectivity index (χ4v) is 3.32. The van der Waals surface area contributed by atoms with Crippen molar-refractivity contribution >= 4 is 17.2 Å². The van der Waals surface area contributed by atoms with E-state index < -0.39 is 0 Å². The molecule has 2 aromatic rings. The van der Waals surface area contributed by atoms with Crippen LogP contribution < -0.4 is 10.6 Å². The minimum atomic E-state index is -0.148. The molecule has 1 amide bonds. The molecule has 0 spiro atoms. The lowest BCUT2D eigenvalue weighted by molar-refractivity contribution is -0.123. The summed E-state index contributed by atoms with van der Waals surface area (Å²) in [6, 6.07) is 8.13. The first-order valence-corrected chi connectivity index (χ1v) is 8.09. The highest BCUT2D eigenvalue weighted by Crippen LogP contribution is 2.17. The van der Waals surface area contributed by atoms with Crippen LogP contribution >= 0.6 is 11.3 Å². The van der Waals surface area contributed by atoms with Crippen molar-refractivity contribution in [2.45, 2.75) is 38.9 Å². The molecule has 2 heterocycles. The zero-order chi connectivity index (χ0) is 14.7. The number of carbonyl (C=O) groups excluding carboxylic acids is 1. The van der Waals surface area contributed by atoms with Crippen LogP contribution in [0.2, 0.25) is 0 Å². The van der Waals surface area contributed by atoms with Crippen molar-refractivity contribution in [1.82, 2.24) is 15.6 Å². The van der Waals surface area contributed by atoms with Gasteiger partial charge in [-0.1, -0.05) is 31.2 Å². The first-order valence-electron chi connectivity index (χ1n) is 7.27. The van der Waals surface area contributed by atoms with Crippen LogP contribution in [0.1, 0.15) is 27.9 Å². The summed E-state index contributed by atoms with van der Waals surface area (Å²) in [5, 5.41) is 7.25. The number of aryl methyl sites for hydroxylation is 1. The lowest BCUT2D eigenvalue weighted by Gasteiger charge is -2.25. The SMILES string of the molecule is CCc1cnc(CNC(=O)C2Cc3ccccc3CN2)s1. The maximum atomic E-state index is 12.3. The van der Waals surface area contributed by atoms with Gasteiger partial charge in [0.15, 0.2) is 0 Å². The smallest absolute Gasteiger partial charge is 0.237 e. The highest BCUT2D eigenvalue weighted by molar-refractivity contribution is 7.11. The second-order valence-electron chi connectivity index (χ2n) is 5.20. The maximum Gasteiger partial charge on any atom is 0.237 e. The molecule has 21 heavy (non-hydrogen) atoms. The van der Waals surface area contributed by atoms with Crippen LogP contribution in [0.5, 0.6) is 0 Å². The third-order valence-corrected chi connectivity index (χ3v) is 4.90. The van der Waals surface area contributed by atoms with Gasteiger partial charge in [0.2, 0.25) is 5.91 Å². The topological polar surface area (TPSA) is 54.0 Å². The van der Waals surface area contributed by atoms with Gasteiger partial charge in [-0.25, -0.2) is 4.98 Å². The number of hydrogen-bond donors (Lipinski definition) is 2. The van der Waals surface area contributed by atoms with Gasteiger partial charge in [-0.2, -0.15) is 0 Å². The van der Waals surface area contributed by atoms with Crippen molar-refractivity contribution in [1.29, 1.82) is 0 Å². The Morgan fingerprint density at radius 1 is 1.43 bits per heavy atom. The van der Waals surface area contributed by atoms with E-state index in [0.29, 0.717) is 6.54 Å². The summed E-state index contributed by atoms with van der Waals surface area (Å²) in [5.74, 6) is 0.0535. The molecule has 3 rings (SSSR count). The summed E-state index contributed by atoms with van der Waals surface area (Å²) in [6.45, 7) is 3.38. The maximum absolute atomic E-state index is 12.3. The molecule has 1 aliphatic heterocycles. The number of amides is 1. The standard InChI is InChI=1S/C16H19N3OS/c1-2-13-9-18-15(21-13)10-19-16(20)14-7-11-5-3-4-6-12(11)8-17-14/h3-6,9,14,17H,2,7-8,10H2,1H3,(H,19,20). The Balaban J connectivity index is 1.57. The van der Waals surface area contributed by atoms with E-state index >= 15 is 0 Å². The predicted molar refractivity (Wildman–Crippen MR) is 84.1 cm³/mol. The average Bonchev–Trinajstić information content (AvgIpc) is 3.00. The van der Waals surface area contributed by atoms with Crippen molar-refractivity contribution in [3.63, 3.8) is 0 Å². The van der Waals surface area contributed by atoms with E-state index in [4.69, 9.17) is 0 Å². The largest absolute Gasteiger partial charge is 0.348 e. The Morgan fingerprint density at radius 3 is 3.00 bits per heavy atom. The normalized spacial score (nSPS) is 17.3. The average molecular weight is 301 g/mol. The van der Waals surface area contributed by atoms with E-state index in [1.54, 1.807) is 11.3 Å². The fraction of sp³-hybridized carbons (Fsp3) is 0.375. The lowest BCUT2D eigenvalue weighted by Crippen LogP contribution is -2.47. The molecule has 0 aliphatic carbocycles. The van der Waals surface area contributed by atoms with E-state index in [1.807, 2.05) is 18.3 Å². The van der Waals surface area contributed by atoms with E-state index in [2.05, 4.69) is 34.7 Å². The molecule has 0 saturated heterocycles. The molecule has 4 nitrogen and oxygen atoms in total. The predicted octanol–water partition coefficient (Wildman–Crippen LogP) is 2.04. The number of rotatable bonds is 4. The molecule has 1 unspecified atom stereocenters. The molecule has 5 heteroatoms. The quantitative estimate of drug-likeness (QED) is 0.908. The van der Waals surface area contributed by atoms with Gasteiger partial charge in [0, 0.05) is 17.6 Å². The van der Waals surface area contributed by atoms with Gasteiger partial charge in [-0.15, -0.1) is 11.3 Å². The van der Waals surface area contributed by atoms with Crippen LogP contribution in [0.4, 0.5) is 0 Å². The minimum absolute atomic E-state index is 0.0535. The van der Waals surface area contributed by atoms with Gasteiger partial charge in [0.05, 0.1) is 12.6 Å².